The van der Waals surface area contributed by atoms with Gasteiger partial charge in [0.25, 0.3) is 17.7 Å². The number of para-hydroxylation sites is 10. The molecule has 20 aromatic rings. The summed E-state index contributed by atoms with van der Waals surface area (Å²) in [5.74, 6) is -0.365. The minimum atomic E-state index is -0.144. The zero-order valence-electron chi connectivity index (χ0n) is 84.7. The van der Waals surface area contributed by atoms with Crippen LogP contribution in [0.2, 0.25) is 0 Å². The molecule has 20 heterocycles. The molecular weight excluding hydrogens is 1810 g/mol. The van der Waals surface area contributed by atoms with Gasteiger partial charge < -0.3 is 64.9 Å². The highest BCUT2D eigenvalue weighted by molar-refractivity contribution is 6.11. The van der Waals surface area contributed by atoms with Crippen molar-refractivity contribution in [2.24, 2.45) is 0 Å². The van der Waals surface area contributed by atoms with E-state index in [0.29, 0.717) is 92.8 Å². The van der Waals surface area contributed by atoms with Crippen LogP contribution in [0.4, 0.5) is 28.4 Å². The van der Waals surface area contributed by atoms with Gasteiger partial charge in [-0.1, -0.05) is 60.7 Å². The molecule has 5 saturated heterocycles. The lowest BCUT2D eigenvalue weighted by molar-refractivity contribution is 0.0939. The fourth-order valence-corrected chi connectivity index (χ4v) is 21.9. The Morgan fingerprint density at radius 2 is 0.614 bits per heavy atom. The molecule has 3 N–H and O–H groups in total. The molecular formula is C112H120N30O3. The van der Waals surface area contributed by atoms with Gasteiger partial charge in [0.2, 0.25) is 0 Å². The summed E-state index contributed by atoms with van der Waals surface area (Å²) >= 11 is 0. The lowest BCUT2D eigenvalue weighted by atomic mass is 10.1. The highest BCUT2D eigenvalue weighted by Gasteiger charge is 2.35. The smallest absolute Gasteiger partial charge is 0.255 e. The Kier molecular flexibility index (Phi) is 25.9. The topological polar surface area (TPSA) is 318 Å². The third-order valence-electron chi connectivity index (χ3n) is 29.6. The maximum absolute atomic E-state index is 13.2. The number of likely N-dealkylation sites (N-methyl/N-ethyl adjacent to an activating group) is 5. The summed E-state index contributed by atoms with van der Waals surface area (Å²) in [6, 6.07) is 67.4. The summed E-state index contributed by atoms with van der Waals surface area (Å²) in [6.45, 7) is 18.3. The van der Waals surface area contributed by atoms with Crippen molar-refractivity contribution < 1.29 is 14.4 Å². The summed E-state index contributed by atoms with van der Waals surface area (Å²) < 4.78 is 10.1. The van der Waals surface area contributed by atoms with E-state index < -0.39 is 0 Å². The molecule has 25 rings (SSSR count). The van der Waals surface area contributed by atoms with Gasteiger partial charge in [-0.3, -0.25) is 36.4 Å². The van der Waals surface area contributed by atoms with E-state index in [4.69, 9.17) is 39.9 Å². The van der Waals surface area contributed by atoms with Crippen LogP contribution in [-0.4, -0.2) is 300 Å². The minimum absolute atomic E-state index is 0.0421. The third-order valence-corrected chi connectivity index (χ3v) is 29.6. The van der Waals surface area contributed by atoms with Crippen molar-refractivity contribution in [3.05, 3.63) is 240 Å². The third kappa shape index (κ3) is 17.5. The molecule has 0 saturated carbocycles. The average Bonchev–Trinajstić information content (AvgIpc) is 1.59. The van der Waals surface area contributed by atoms with E-state index in [-0.39, 0.29) is 23.8 Å². The Morgan fingerprint density at radius 3 is 0.903 bits per heavy atom. The predicted molar refractivity (Wildman–Crippen MR) is 580 cm³/mol. The van der Waals surface area contributed by atoms with Crippen LogP contribution in [0, 0.1) is 29.6 Å². The van der Waals surface area contributed by atoms with Crippen LogP contribution in [-0.2, 0) is 0 Å². The molecule has 5 aliphatic rings. The monoisotopic (exact) mass is 1930 g/mol. The van der Waals surface area contributed by atoms with E-state index in [2.05, 4.69) is 188 Å². The van der Waals surface area contributed by atoms with Crippen LogP contribution in [0.1, 0.15) is 101 Å². The van der Waals surface area contributed by atoms with Crippen LogP contribution in [0.5, 0.6) is 0 Å². The maximum Gasteiger partial charge on any atom is 0.255 e. The van der Waals surface area contributed by atoms with E-state index in [1.54, 1.807) is 7.05 Å². The number of anilines is 5. The fraction of sp³-hybridized carbons (Fsp3) is 0.330. The Morgan fingerprint density at radius 1 is 0.345 bits per heavy atom. The Hall–Kier alpha value is -15.9. The number of hydrogen-bond acceptors (Lipinski definition) is 25. The number of carbonyl (C=O) groups excluding carboxylic acids is 3. The number of aryl methyl sites for hydroxylation is 1. The second kappa shape index (κ2) is 39.4. The summed E-state index contributed by atoms with van der Waals surface area (Å²) in [5.41, 5.74) is 26.1. The van der Waals surface area contributed by atoms with Crippen molar-refractivity contribution in [2.45, 2.75) is 96.1 Å². The Bertz CT molecular complexity index is 8570. The van der Waals surface area contributed by atoms with E-state index in [0.717, 1.165) is 242 Å². The highest BCUT2D eigenvalue weighted by atomic mass is 16.2. The fourth-order valence-electron chi connectivity index (χ4n) is 21.9. The number of aromatic nitrogens is 15. The second-order valence-electron chi connectivity index (χ2n) is 39.9. The van der Waals surface area contributed by atoms with E-state index in [9.17, 15) is 24.9 Å². The number of amides is 3. The molecule has 5 fully saturated rings. The molecule has 33 heteroatoms. The van der Waals surface area contributed by atoms with Crippen molar-refractivity contribution in [3.8, 4) is 12.1 Å². The van der Waals surface area contributed by atoms with E-state index in [1.165, 1.54) is 0 Å². The second-order valence-corrected chi connectivity index (χ2v) is 39.9. The summed E-state index contributed by atoms with van der Waals surface area (Å²) in [4.78, 5) is 110. The van der Waals surface area contributed by atoms with Crippen LogP contribution < -0.4 is 40.4 Å². The molecule has 15 aromatic heterocycles. The van der Waals surface area contributed by atoms with Gasteiger partial charge in [0, 0.05) is 201 Å². The standard InChI is InChI=1S/C24H28N6O.C23H26N6O.C22H24N6O.C22H22N6.C21H20N6/c1-15(2)26-24(31)18-13-17-20(29-12-10-16(14-29)28(3)4)9-11-25-22(17)30-21-8-6-5-7-19(21)27-23(18)30;1-4-24-23(30)17-13-16-19(28-12-10-15(14-28)27(2)3)9-11-25-21(16)29-20-8-6-5-7-18(20)26-22(17)29;1-23-22(29)16-12-15-18(27-11-9-14(13-27)26(2)3)8-10-24-20(15)28-19-7-5-4-6-17(19)25-21(16)28;1-14-10-20(27-9-8-16(13-27)26(2)3)17-11-15(12-23)21-25-18-6-4-5-7-19(18)28(21)22(17)24-14;1-25(2)15-8-10-26(13-15)18-7-9-23-21-16(18)11-14(12-22)20-24-17-5-3-4-6-19(17)27(20)21/h5-9,11,13,15-16H,10,12,14H2,1-4H3,(H,26,31);5-9,11,13,15H,4,10,12,14H2,1-3H3,(H,24,30);4-8,10,12,14H,9,11,13H2,1-3H3,(H,23,29);4-7,10-11,16H,8-9,13H2,1-3H3;3-7,9,11,15H,8,10,13H2,1-2H3/t16-;15-;14-;16-;15-/m00010/s1. The summed E-state index contributed by atoms with van der Waals surface area (Å²) in [7, 11) is 23.0. The first-order chi connectivity index (χ1) is 70.3. The quantitative estimate of drug-likeness (QED) is 0.0858. The molecule has 736 valence electrons. The molecule has 5 aromatic carbocycles. The van der Waals surface area contributed by atoms with E-state index >= 15 is 0 Å². The molecule has 0 bridgehead atoms. The molecule has 33 nitrogen and oxygen atoms in total. The van der Waals surface area contributed by atoms with Gasteiger partial charge >= 0.3 is 0 Å². The van der Waals surface area contributed by atoms with Crippen molar-refractivity contribution in [3.63, 3.8) is 0 Å². The SMILES string of the molecule is CC(C)NC(=O)c1cc2c(N3CC[C@H](N(C)C)C3)ccnc2n2c1nc1ccccc12.CCNC(=O)c1cc2c(N3CC[C@H](N(C)C)C3)ccnc2n2c1nc1ccccc12.CN(C)[C@H]1CCN(c2ccnc3c2cc(C#N)c2nc4ccccc4n23)C1.CNC(=O)c1cc2c(N3CC[C@H](N(C)C)C3)ccnc2n2c1nc1ccccc12.Cc1cc(N2CC[C@@H](N(C)C)C2)c2cc(C#N)c3nc4ccccc4n3c2n1. The molecule has 0 radical (unpaired) electrons. The molecule has 5 atom stereocenters. The van der Waals surface area contributed by atoms with Crippen molar-refractivity contribution in [1.29, 1.82) is 10.5 Å². The van der Waals surface area contributed by atoms with Crippen molar-refractivity contribution in [1.82, 2.24) is 112 Å². The molecule has 0 unspecified atom stereocenters. The average molecular weight is 1930 g/mol. The van der Waals surface area contributed by atoms with Crippen molar-refractivity contribution >= 4 is 185 Å². The van der Waals surface area contributed by atoms with Crippen LogP contribution in [0.25, 0.3) is 139 Å². The molecule has 5 aliphatic heterocycles. The number of benzene rings is 5. The number of fused-ring (bicyclic) bond motifs is 25. The predicted octanol–water partition coefficient (Wildman–Crippen LogP) is 15.2. The van der Waals surface area contributed by atoms with Gasteiger partial charge in [0.05, 0.1) is 83.0 Å². The number of hydrogen-bond donors (Lipinski definition) is 3. The molecule has 145 heavy (non-hydrogen) atoms. The first kappa shape index (κ1) is 95.3. The normalized spacial score (nSPS) is 17.1. The Balaban J connectivity index is 0.000000107. The number of imidazole rings is 5. The van der Waals surface area contributed by atoms with Gasteiger partial charge in [0.1, 0.15) is 40.4 Å². The number of pyridine rings is 10. The molecule has 0 aliphatic carbocycles. The zero-order valence-corrected chi connectivity index (χ0v) is 84.7. The van der Waals surface area contributed by atoms with Crippen LogP contribution >= 0.6 is 0 Å². The first-order valence-corrected chi connectivity index (χ1v) is 50.0. The molecule has 0 spiro atoms. The van der Waals surface area contributed by atoms with Crippen molar-refractivity contribution in [2.75, 3.05) is 174 Å². The van der Waals surface area contributed by atoms with Crippen LogP contribution in [0.3, 0.4) is 0 Å². The first-order valence-electron chi connectivity index (χ1n) is 50.0. The van der Waals surface area contributed by atoms with Gasteiger partial charge in [-0.15, -0.1) is 0 Å². The van der Waals surface area contributed by atoms with Gasteiger partial charge in [-0.2, -0.15) is 10.5 Å². The number of carbonyl (C=O) groups is 3. The summed E-state index contributed by atoms with van der Waals surface area (Å²) in [6.07, 6.45) is 13.1. The van der Waals surface area contributed by atoms with Crippen LogP contribution in [0.15, 0.2) is 207 Å². The number of nitriles is 2. The molecule has 3 amide bonds. The zero-order chi connectivity index (χ0) is 101. The number of nitrogens with zero attached hydrogens (tertiary/aromatic N) is 27. The minimum Gasteiger partial charge on any atom is -0.369 e. The maximum atomic E-state index is 13.2. The largest absolute Gasteiger partial charge is 0.369 e. The van der Waals surface area contributed by atoms with Gasteiger partial charge in [-0.25, -0.2) is 49.8 Å². The lowest BCUT2D eigenvalue weighted by Gasteiger charge is -2.23. The number of rotatable bonds is 15. The van der Waals surface area contributed by atoms with Gasteiger partial charge in [0.15, 0.2) is 28.2 Å². The lowest BCUT2D eigenvalue weighted by Crippen LogP contribution is -2.31. The Labute approximate surface area is 839 Å². The summed E-state index contributed by atoms with van der Waals surface area (Å²) in [5, 5.41) is 33.2. The highest BCUT2D eigenvalue weighted by Crippen LogP contribution is 2.42. The van der Waals surface area contributed by atoms with Gasteiger partial charge in [-0.05, 0) is 252 Å². The number of nitrogens with one attached hydrogen (secondary N) is 3. The van der Waals surface area contributed by atoms with E-state index in [1.807, 2.05) is 226 Å².